The molecule has 1 saturated carbocycles. The van der Waals surface area contributed by atoms with Crippen LogP contribution in [0.4, 0.5) is 10.2 Å². The average molecular weight is 440 g/mol. The van der Waals surface area contributed by atoms with Crippen molar-refractivity contribution in [2.75, 3.05) is 12.4 Å². The van der Waals surface area contributed by atoms with Gasteiger partial charge in [-0.2, -0.15) is 5.10 Å². The number of hydrogen-bond donors (Lipinski definition) is 6. The highest BCUT2D eigenvalue weighted by Crippen LogP contribution is 2.43. The summed E-state index contributed by atoms with van der Waals surface area (Å²) in [6.07, 6.45) is 5.28. The van der Waals surface area contributed by atoms with Gasteiger partial charge in [-0.25, -0.2) is 9.38 Å². The number of pyridine rings is 1. The minimum absolute atomic E-state index is 0.0567. The molecule has 32 heavy (non-hydrogen) atoms. The topological polar surface area (TPSA) is 143 Å². The number of hydrogen-bond acceptors (Lipinski definition) is 7. The molecule has 0 bridgehead atoms. The molecular weight excluding hydrogens is 415 g/mol. The third kappa shape index (κ3) is 4.19. The molecule has 0 amide bonds. The van der Waals surface area contributed by atoms with Crippen LogP contribution in [0.1, 0.15) is 36.6 Å². The number of likely N-dealkylation sites (N-methyl/N-ethyl adjacent to an activating group) is 1. The van der Waals surface area contributed by atoms with Crippen molar-refractivity contribution < 1.29 is 14.3 Å². The molecule has 10 nitrogen and oxygen atoms in total. The highest BCUT2D eigenvalue weighted by atomic mass is 19.1. The first kappa shape index (κ1) is 21.5. The van der Waals surface area contributed by atoms with Crippen molar-refractivity contribution in [2.24, 2.45) is 4.99 Å². The molecule has 1 aliphatic heterocycles. The lowest BCUT2D eigenvalue weighted by atomic mass is 9.97. The van der Waals surface area contributed by atoms with Crippen molar-refractivity contribution in [3.05, 3.63) is 53.7 Å². The van der Waals surface area contributed by atoms with Gasteiger partial charge in [-0.05, 0) is 37.7 Å². The summed E-state index contributed by atoms with van der Waals surface area (Å²) >= 11 is 0. The number of aromatic nitrogens is 4. The van der Waals surface area contributed by atoms with Crippen LogP contribution in [0.5, 0.6) is 0 Å². The zero-order chi connectivity index (χ0) is 22.7. The highest BCUT2D eigenvalue weighted by molar-refractivity contribution is 5.76. The molecule has 0 saturated heterocycles. The summed E-state index contributed by atoms with van der Waals surface area (Å²) in [6.45, 7) is 1.83. The minimum Gasteiger partial charge on any atom is -0.483 e. The van der Waals surface area contributed by atoms with Gasteiger partial charge < -0.3 is 20.7 Å². The van der Waals surface area contributed by atoms with Crippen LogP contribution in [-0.4, -0.2) is 57.0 Å². The Labute approximate surface area is 183 Å². The molecule has 4 atom stereocenters. The quantitative estimate of drug-likeness (QED) is 0.323. The van der Waals surface area contributed by atoms with E-state index in [4.69, 9.17) is 14.9 Å². The summed E-state index contributed by atoms with van der Waals surface area (Å²) in [5, 5.41) is 24.0. The van der Waals surface area contributed by atoms with Crippen LogP contribution < -0.4 is 16.0 Å². The molecule has 0 radical (unpaired) electrons. The van der Waals surface area contributed by atoms with Crippen molar-refractivity contribution in [3.8, 4) is 0 Å². The van der Waals surface area contributed by atoms with Crippen molar-refractivity contribution in [1.29, 1.82) is 0 Å². The molecule has 0 spiro atoms. The van der Waals surface area contributed by atoms with E-state index < -0.39 is 12.0 Å². The van der Waals surface area contributed by atoms with Crippen molar-refractivity contribution in [2.45, 2.75) is 37.1 Å². The number of fused-ring (bicyclic) bond motifs is 1. The number of carboxylic acid groups (broad SMARTS) is 1. The molecule has 4 heterocycles. The number of carbonyl (C=O) groups is 1. The maximum absolute atomic E-state index is 13.3. The standard InChI is InChI=1S/C20H23FN8.CH2O2/c1-11(14-3-4-15-16(25-14)5-7-23-15)20(22-2)24-8-6-18(27-20)26-19-10-17(28-29-19)12-9-13(12)21;2-1-3/h3-8,10-13,22-23,27H,9H2,1-2H3,(H2,26,28,29);1H,(H,2,3)/t11-,12+,13+,20?;/m0./s1. The first-order valence-electron chi connectivity index (χ1n) is 10.2. The number of nitrogens with one attached hydrogen (secondary N) is 5. The fourth-order valence-electron chi connectivity index (χ4n) is 3.76. The van der Waals surface area contributed by atoms with E-state index >= 15 is 0 Å². The second kappa shape index (κ2) is 8.79. The Hall–Kier alpha value is -3.73. The molecule has 5 rings (SSSR count). The van der Waals surface area contributed by atoms with E-state index in [9.17, 15) is 4.39 Å². The van der Waals surface area contributed by atoms with Crippen molar-refractivity contribution >= 4 is 29.5 Å². The van der Waals surface area contributed by atoms with Crippen LogP contribution in [0.2, 0.25) is 0 Å². The molecule has 168 valence electrons. The normalized spacial score (nSPS) is 24.7. The van der Waals surface area contributed by atoms with Gasteiger partial charge in [0.15, 0.2) is 11.6 Å². The number of aliphatic imine (C=N–C) groups is 1. The van der Waals surface area contributed by atoms with Gasteiger partial charge in [-0.15, -0.1) is 0 Å². The Balaban J connectivity index is 0.000000775. The molecule has 3 aromatic heterocycles. The SMILES string of the molecule is CNC1([C@@H](C)c2ccc3[nH]ccc3n2)N=CC=C(Nc2cc([C@@H]3C[C@H]3F)[nH]n2)N1.O=CO. The lowest BCUT2D eigenvalue weighted by molar-refractivity contribution is -0.122. The van der Waals surface area contributed by atoms with Crippen LogP contribution in [0.25, 0.3) is 11.0 Å². The lowest BCUT2D eigenvalue weighted by Crippen LogP contribution is -2.59. The van der Waals surface area contributed by atoms with Gasteiger partial charge in [0, 0.05) is 35.8 Å². The van der Waals surface area contributed by atoms with Crippen LogP contribution in [0.3, 0.4) is 0 Å². The fourth-order valence-corrected chi connectivity index (χ4v) is 3.76. The summed E-state index contributed by atoms with van der Waals surface area (Å²) in [7, 11) is 1.86. The number of alkyl halides is 1. The summed E-state index contributed by atoms with van der Waals surface area (Å²) < 4.78 is 13.3. The van der Waals surface area contributed by atoms with Crippen LogP contribution in [0, 0.1) is 0 Å². The maximum Gasteiger partial charge on any atom is 0.290 e. The Morgan fingerprint density at radius 2 is 2.16 bits per heavy atom. The molecule has 1 unspecified atom stereocenters. The van der Waals surface area contributed by atoms with Gasteiger partial charge in [-0.3, -0.25) is 20.2 Å². The Kier molecular flexibility index (Phi) is 5.91. The molecule has 3 aromatic rings. The summed E-state index contributed by atoms with van der Waals surface area (Å²) in [4.78, 5) is 21.0. The monoisotopic (exact) mass is 440 g/mol. The zero-order valence-electron chi connectivity index (χ0n) is 17.6. The molecule has 1 fully saturated rings. The van der Waals surface area contributed by atoms with E-state index in [1.54, 1.807) is 6.21 Å². The lowest BCUT2D eigenvalue weighted by Gasteiger charge is -2.38. The maximum atomic E-state index is 13.3. The number of aromatic amines is 2. The number of nitrogens with zero attached hydrogens (tertiary/aromatic N) is 3. The predicted octanol–water partition coefficient (Wildman–Crippen LogP) is 2.42. The summed E-state index contributed by atoms with van der Waals surface area (Å²) in [5.74, 6) is 0.487. The van der Waals surface area contributed by atoms with E-state index in [0.29, 0.717) is 12.2 Å². The van der Waals surface area contributed by atoms with E-state index in [1.807, 2.05) is 43.6 Å². The van der Waals surface area contributed by atoms with Gasteiger partial charge in [0.25, 0.3) is 6.47 Å². The van der Waals surface area contributed by atoms with E-state index in [2.05, 4.69) is 43.0 Å². The summed E-state index contributed by atoms with van der Waals surface area (Å²) in [6, 6.07) is 7.85. The van der Waals surface area contributed by atoms with Gasteiger partial charge in [0.2, 0.25) is 0 Å². The number of allylic oxidation sites excluding steroid dienone is 1. The Morgan fingerprint density at radius 3 is 2.88 bits per heavy atom. The fraction of sp³-hybridized carbons (Fsp3) is 0.333. The highest BCUT2D eigenvalue weighted by Gasteiger charge is 2.40. The number of H-pyrrole nitrogens is 2. The van der Waals surface area contributed by atoms with Crippen LogP contribution in [-0.2, 0) is 4.79 Å². The Morgan fingerprint density at radius 1 is 1.38 bits per heavy atom. The molecule has 1 aliphatic carbocycles. The van der Waals surface area contributed by atoms with Gasteiger partial charge >= 0.3 is 0 Å². The number of rotatable bonds is 6. The van der Waals surface area contributed by atoms with Crippen molar-refractivity contribution in [1.82, 2.24) is 30.8 Å². The third-order valence-corrected chi connectivity index (χ3v) is 5.69. The van der Waals surface area contributed by atoms with Crippen LogP contribution in [0.15, 0.2) is 47.4 Å². The third-order valence-electron chi connectivity index (χ3n) is 5.69. The van der Waals surface area contributed by atoms with Crippen molar-refractivity contribution in [3.63, 3.8) is 0 Å². The number of halogens is 1. The first-order chi connectivity index (χ1) is 15.5. The molecule has 6 N–H and O–H groups in total. The Bertz CT molecular complexity index is 1160. The minimum atomic E-state index is -0.770. The van der Waals surface area contributed by atoms with Crippen LogP contribution >= 0.6 is 0 Å². The predicted molar refractivity (Wildman–Crippen MR) is 119 cm³/mol. The molecule has 2 aliphatic rings. The second-order valence-corrected chi connectivity index (χ2v) is 7.67. The number of anilines is 1. The zero-order valence-corrected chi connectivity index (χ0v) is 17.6. The molecule has 11 heteroatoms. The smallest absolute Gasteiger partial charge is 0.290 e. The van der Waals surface area contributed by atoms with Gasteiger partial charge in [0.05, 0.1) is 17.0 Å². The van der Waals surface area contributed by atoms with Gasteiger partial charge in [-0.1, -0.05) is 6.92 Å². The van der Waals surface area contributed by atoms with E-state index in [0.717, 1.165) is 28.2 Å². The van der Waals surface area contributed by atoms with Gasteiger partial charge in [0.1, 0.15) is 12.0 Å². The summed E-state index contributed by atoms with van der Waals surface area (Å²) in [5.41, 5.74) is 3.66. The molecule has 0 aromatic carbocycles. The van der Waals surface area contributed by atoms with E-state index in [-0.39, 0.29) is 18.3 Å². The van der Waals surface area contributed by atoms with E-state index in [1.165, 1.54) is 0 Å². The first-order valence-corrected chi connectivity index (χ1v) is 10.2. The molecular formula is C21H25FN8O2. The second-order valence-electron chi connectivity index (χ2n) is 7.67. The average Bonchev–Trinajstić information content (AvgIpc) is 3.18. The largest absolute Gasteiger partial charge is 0.483 e.